The van der Waals surface area contributed by atoms with Crippen molar-refractivity contribution in [3.8, 4) is 5.75 Å². The van der Waals surface area contributed by atoms with Crippen LogP contribution in [0.2, 0.25) is 5.02 Å². The molecule has 1 aromatic carbocycles. The van der Waals surface area contributed by atoms with E-state index in [4.69, 9.17) is 16.3 Å². The zero-order chi connectivity index (χ0) is 13.1. The molecule has 100 valence electrons. The first kappa shape index (κ1) is 13.7. The molecule has 0 saturated carbocycles. The van der Waals surface area contributed by atoms with Gasteiger partial charge in [-0.25, -0.2) is 0 Å². The van der Waals surface area contributed by atoms with Crippen LogP contribution in [0, 0.1) is 0 Å². The van der Waals surface area contributed by atoms with Crippen molar-refractivity contribution >= 4 is 11.6 Å². The molecule has 1 heterocycles. The molecule has 1 aliphatic rings. The number of halogens is 1. The molecule has 0 radical (unpaired) electrons. The van der Waals surface area contributed by atoms with E-state index in [1.165, 1.54) is 24.0 Å². The summed E-state index contributed by atoms with van der Waals surface area (Å²) in [7, 11) is 1.69. The molecule has 1 fully saturated rings. The molecular weight excluding hydrogens is 246 g/mol. The van der Waals surface area contributed by atoms with Gasteiger partial charge >= 0.3 is 0 Å². The van der Waals surface area contributed by atoms with Crippen LogP contribution in [0.1, 0.15) is 43.7 Å². The fourth-order valence-electron chi connectivity index (χ4n) is 2.65. The first-order valence-electron chi connectivity index (χ1n) is 6.71. The van der Waals surface area contributed by atoms with E-state index in [-0.39, 0.29) is 0 Å². The van der Waals surface area contributed by atoms with Crippen molar-refractivity contribution in [3.63, 3.8) is 0 Å². The van der Waals surface area contributed by atoms with E-state index in [9.17, 15) is 0 Å². The fourth-order valence-corrected chi connectivity index (χ4v) is 2.98. The highest BCUT2D eigenvalue weighted by atomic mass is 35.5. The standard InChI is InChI=1S/C15H22ClNO/c1-10(2)13-8-11(7-12-5-4-6-17-12)9-14(16)15(13)18-3/h8-10,12,17H,4-7H2,1-3H3. The lowest BCUT2D eigenvalue weighted by molar-refractivity contribution is 0.407. The predicted molar refractivity (Wildman–Crippen MR) is 76.8 cm³/mol. The molecule has 1 atom stereocenters. The second-order valence-electron chi connectivity index (χ2n) is 5.35. The zero-order valence-electron chi connectivity index (χ0n) is 11.4. The van der Waals surface area contributed by atoms with Crippen LogP contribution in [0.5, 0.6) is 5.75 Å². The molecule has 2 rings (SSSR count). The number of ether oxygens (including phenoxy) is 1. The van der Waals surface area contributed by atoms with Gasteiger partial charge in [0.05, 0.1) is 12.1 Å². The third-order valence-electron chi connectivity index (χ3n) is 3.60. The largest absolute Gasteiger partial charge is 0.495 e. The Bertz CT molecular complexity index is 411. The van der Waals surface area contributed by atoms with Gasteiger partial charge in [0.2, 0.25) is 0 Å². The predicted octanol–water partition coefficient (Wildman–Crippen LogP) is 3.77. The molecule has 0 bridgehead atoms. The molecule has 3 heteroatoms. The number of benzene rings is 1. The molecule has 18 heavy (non-hydrogen) atoms. The van der Waals surface area contributed by atoms with E-state index in [2.05, 4.69) is 25.2 Å². The monoisotopic (exact) mass is 267 g/mol. The maximum absolute atomic E-state index is 6.32. The smallest absolute Gasteiger partial charge is 0.140 e. The van der Waals surface area contributed by atoms with Crippen LogP contribution in [0.25, 0.3) is 0 Å². The van der Waals surface area contributed by atoms with Gasteiger partial charge in [-0.15, -0.1) is 0 Å². The molecule has 1 aliphatic heterocycles. The Morgan fingerprint density at radius 3 is 2.78 bits per heavy atom. The minimum atomic E-state index is 0.425. The SMILES string of the molecule is COc1c(Cl)cc(CC2CCCN2)cc1C(C)C. The highest BCUT2D eigenvalue weighted by Gasteiger charge is 2.18. The summed E-state index contributed by atoms with van der Waals surface area (Å²) in [5.41, 5.74) is 2.52. The Hall–Kier alpha value is -0.730. The van der Waals surface area contributed by atoms with E-state index < -0.39 is 0 Å². The van der Waals surface area contributed by atoms with Gasteiger partial charge in [-0.3, -0.25) is 0 Å². The molecule has 0 spiro atoms. The highest BCUT2D eigenvalue weighted by Crippen LogP contribution is 2.35. The lowest BCUT2D eigenvalue weighted by Gasteiger charge is -2.17. The van der Waals surface area contributed by atoms with E-state index in [1.54, 1.807) is 7.11 Å². The maximum atomic E-state index is 6.32. The van der Waals surface area contributed by atoms with Crippen LogP contribution in [0.4, 0.5) is 0 Å². The quantitative estimate of drug-likeness (QED) is 0.897. The minimum Gasteiger partial charge on any atom is -0.495 e. The van der Waals surface area contributed by atoms with Crippen molar-refractivity contribution in [2.75, 3.05) is 13.7 Å². The summed E-state index contributed by atoms with van der Waals surface area (Å²) < 4.78 is 5.41. The number of methoxy groups -OCH3 is 1. The number of rotatable bonds is 4. The van der Waals surface area contributed by atoms with Crippen LogP contribution in [0.3, 0.4) is 0 Å². The number of hydrogen-bond acceptors (Lipinski definition) is 2. The summed E-state index contributed by atoms with van der Waals surface area (Å²) >= 11 is 6.32. The van der Waals surface area contributed by atoms with Gasteiger partial charge in [0.15, 0.2) is 0 Å². The Kier molecular flexibility index (Phi) is 4.52. The maximum Gasteiger partial charge on any atom is 0.140 e. The number of nitrogens with one attached hydrogen (secondary N) is 1. The van der Waals surface area contributed by atoms with Crippen molar-refractivity contribution in [3.05, 3.63) is 28.3 Å². The fraction of sp³-hybridized carbons (Fsp3) is 0.600. The van der Waals surface area contributed by atoms with Gasteiger partial charge in [0, 0.05) is 6.04 Å². The summed E-state index contributed by atoms with van der Waals surface area (Å²) in [5.74, 6) is 1.25. The first-order chi connectivity index (χ1) is 8.61. The van der Waals surface area contributed by atoms with E-state index in [0.29, 0.717) is 12.0 Å². The van der Waals surface area contributed by atoms with E-state index in [1.807, 2.05) is 6.07 Å². The van der Waals surface area contributed by atoms with Crippen molar-refractivity contribution < 1.29 is 4.74 Å². The Morgan fingerprint density at radius 1 is 1.44 bits per heavy atom. The molecule has 1 saturated heterocycles. The second-order valence-corrected chi connectivity index (χ2v) is 5.76. The Morgan fingerprint density at radius 2 is 2.22 bits per heavy atom. The van der Waals surface area contributed by atoms with Gasteiger partial charge < -0.3 is 10.1 Å². The lowest BCUT2D eigenvalue weighted by atomic mass is 9.96. The molecular formula is C15H22ClNO. The molecule has 2 nitrogen and oxygen atoms in total. The highest BCUT2D eigenvalue weighted by molar-refractivity contribution is 6.32. The van der Waals surface area contributed by atoms with Crippen LogP contribution in [-0.4, -0.2) is 19.7 Å². The normalized spacial score (nSPS) is 19.5. The van der Waals surface area contributed by atoms with Gasteiger partial charge in [-0.2, -0.15) is 0 Å². The summed E-state index contributed by atoms with van der Waals surface area (Å²) in [4.78, 5) is 0. The van der Waals surface area contributed by atoms with Crippen molar-refractivity contribution in [2.45, 2.75) is 45.1 Å². The van der Waals surface area contributed by atoms with Crippen molar-refractivity contribution in [1.29, 1.82) is 0 Å². The van der Waals surface area contributed by atoms with Crippen LogP contribution in [0.15, 0.2) is 12.1 Å². The zero-order valence-corrected chi connectivity index (χ0v) is 12.2. The van der Waals surface area contributed by atoms with Crippen molar-refractivity contribution in [2.24, 2.45) is 0 Å². The molecule has 0 aliphatic carbocycles. The number of hydrogen-bond donors (Lipinski definition) is 1. The third-order valence-corrected chi connectivity index (χ3v) is 3.88. The third kappa shape index (κ3) is 2.99. The second kappa shape index (κ2) is 5.94. The minimum absolute atomic E-state index is 0.425. The first-order valence-corrected chi connectivity index (χ1v) is 7.09. The molecule has 1 unspecified atom stereocenters. The summed E-state index contributed by atoms with van der Waals surface area (Å²) in [6.07, 6.45) is 3.61. The topological polar surface area (TPSA) is 21.3 Å². The van der Waals surface area contributed by atoms with Crippen molar-refractivity contribution in [1.82, 2.24) is 5.32 Å². The molecule has 1 N–H and O–H groups in total. The average molecular weight is 268 g/mol. The van der Waals surface area contributed by atoms with E-state index >= 15 is 0 Å². The van der Waals surface area contributed by atoms with Crippen LogP contribution in [-0.2, 0) is 6.42 Å². The molecule has 1 aromatic rings. The van der Waals surface area contributed by atoms with E-state index in [0.717, 1.165) is 23.7 Å². The van der Waals surface area contributed by atoms with Gasteiger partial charge in [0.1, 0.15) is 5.75 Å². The van der Waals surface area contributed by atoms with Gasteiger partial charge in [-0.1, -0.05) is 31.5 Å². The summed E-state index contributed by atoms with van der Waals surface area (Å²) in [6, 6.07) is 4.90. The van der Waals surface area contributed by atoms with Gasteiger partial charge in [0.25, 0.3) is 0 Å². The molecule has 0 amide bonds. The van der Waals surface area contributed by atoms with Crippen LogP contribution >= 0.6 is 11.6 Å². The van der Waals surface area contributed by atoms with Gasteiger partial charge in [-0.05, 0) is 48.9 Å². The lowest BCUT2D eigenvalue weighted by Crippen LogP contribution is -2.23. The Labute approximate surface area is 115 Å². The van der Waals surface area contributed by atoms with Crippen LogP contribution < -0.4 is 10.1 Å². The Balaban J connectivity index is 2.25. The average Bonchev–Trinajstić information content (AvgIpc) is 2.81. The summed E-state index contributed by atoms with van der Waals surface area (Å²) in [5, 5.41) is 4.26. The summed E-state index contributed by atoms with van der Waals surface area (Å²) in [6.45, 7) is 5.49. The molecule has 0 aromatic heterocycles.